The number of quaternary nitrogens is 1. The molecule has 4 nitrogen and oxygen atoms in total. The molecule has 106 valence electrons. The number of aliphatic hydroxyl groups excluding tert-OH is 1. The fourth-order valence-electron chi connectivity index (χ4n) is 2.08. The van der Waals surface area contributed by atoms with Crippen LogP contribution in [0.15, 0.2) is 12.2 Å². The molecule has 0 bridgehead atoms. The number of aliphatic hydroxyl groups is 1. The van der Waals surface area contributed by atoms with E-state index in [0.717, 1.165) is 12.8 Å². The van der Waals surface area contributed by atoms with E-state index in [1.807, 2.05) is 20.2 Å². The number of nitrogens with zero attached hydrogens (tertiary/aromatic N) is 1. The van der Waals surface area contributed by atoms with Gasteiger partial charge in [0.2, 0.25) is 0 Å². The number of carboxylic acids is 1. The molecule has 0 heterocycles. The van der Waals surface area contributed by atoms with E-state index in [2.05, 4.69) is 13.0 Å². The van der Waals surface area contributed by atoms with Crippen molar-refractivity contribution in [3.8, 4) is 0 Å². The summed E-state index contributed by atoms with van der Waals surface area (Å²) in [7, 11) is 3.91. The molecule has 0 saturated heterocycles. The fraction of sp³-hybridized carbons (Fsp3) is 0.786. The lowest BCUT2D eigenvalue weighted by atomic mass is 10.1. The van der Waals surface area contributed by atoms with Gasteiger partial charge in [0.05, 0.1) is 20.6 Å². The predicted octanol–water partition coefficient (Wildman–Crippen LogP) is 1.89. The van der Waals surface area contributed by atoms with Gasteiger partial charge in [0.15, 0.2) is 0 Å². The van der Waals surface area contributed by atoms with E-state index in [9.17, 15) is 9.90 Å². The van der Waals surface area contributed by atoms with Gasteiger partial charge in [-0.2, -0.15) is 0 Å². The highest BCUT2D eigenvalue weighted by Gasteiger charge is 2.25. The van der Waals surface area contributed by atoms with Crippen LogP contribution in [-0.4, -0.2) is 54.0 Å². The Bertz CT molecular complexity index is 274. The van der Waals surface area contributed by atoms with Crippen molar-refractivity contribution in [2.75, 3.05) is 27.2 Å². The van der Waals surface area contributed by atoms with Crippen molar-refractivity contribution in [1.82, 2.24) is 0 Å². The van der Waals surface area contributed by atoms with Gasteiger partial charge < -0.3 is 14.7 Å². The molecule has 0 aliphatic carbocycles. The summed E-state index contributed by atoms with van der Waals surface area (Å²) in [6.07, 6.45) is 6.49. The average molecular weight is 258 g/mol. The number of aliphatic carboxylic acids is 1. The van der Waals surface area contributed by atoms with Crippen LogP contribution in [0.4, 0.5) is 0 Å². The van der Waals surface area contributed by atoms with E-state index in [4.69, 9.17) is 5.11 Å². The average Bonchev–Trinajstić information content (AvgIpc) is 2.22. The zero-order chi connectivity index (χ0) is 14.2. The van der Waals surface area contributed by atoms with Crippen molar-refractivity contribution in [2.45, 2.75) is 39.2 Å². The smallest absolute Gasteiger partial charge is 0.311 e. The van der Waals surface area contributed by atoms with Crippen LogP contribution in [0.3, 0.4) is 0 Å². The van der Waals surface area contributed by atoms with Crippen molar-refractivity contribution in [2.24, 2.45) is 5.92 Å². The summed E-state index contributed by atoms with van der Waals surface area (Å²) >= 11 is 0. The summed E-state index contributed by atoms with van der Waals surface area (Å²) in [5, 5.41) is 18.8. The van der Waals surface area contributed by atoms with Crippen LogP contribution in [0.25, 0.3) is 0 Å². The quantitative estimate of drug-likeness (QED) is 0.490. The number of likely N-dealkylation sites (N-methyl/N-ethyl adjacent to an activating group) is 1. The molecule has 0 aromatic heterocycles. The summed E-state index contributed by atoms with van der Waals surface area (Å²) < 4.78 is 0.524. The maximum absolute atomic E-state index is 10.8. The van der Waals surface area contributed by atoms with Crippen LogP contribution in [0.5, 0.6) is 0 Å². The highest BCUT2D eigenvalue weighted by atomic mass is 16.4. The molecule has 0 saturated carbocycles. The summed E-state index contributed by atoms with van der Waals surface area (Å²) in [5.74, 6) is -1.17. The van der Waals surface area contributed by atoms with E-state index in [1.165, 1.54) is 0 Å². The molecule has 0 rings (SSSR count). The molecular formula is C14H28NO3+. The maximum atomic E-state index is 10.8. The predicted molar refractivity (Wildman–Crippen MR) is 73.3 cm³/mol. The molecular weight excluding hydrogens is 230 g/mol. The lowest BCUT2D eigenvalue weighted by Gasteiger charge is -2.33. The first-order valence-electron chi connectivity index (χ1n) is 6.66. The minimum absolute atomic E-state index is 0.386. The molecule has 18 heavy (non-hydrogen) atoms. The summed E-state index contributed by atoms with van der Waals surface area (Å²) in [4.78, 5) is 10.8. The molecule has 2 unspecified atom stereocenters. The lowest BCUT2D eigenvalue weighted by molar-refractivity contribution is -0.895. The third-order valence-electron chi connectivity index (χ3n) is 2.92. The Morgan fingerprint density at radius 1 is 1.28 bits per heavy atom. The van der Waals surface area contributed by atoms with Crippen LogP contribution in [0.2, 0.25) is 0 Å². The number of hydrogen-bond acceptors (Lipinski definition) is 2. The third-order valence-corrected chi connectivity index (χ3v) is 2.92. The first kappa shape index (κ1) is 17.1. The monoisotopic (exact) mass is 258 g/mol. The number of rotatable bonds is 9. The first-order chi connectivity index (χ1) is 8.28. The van der Waals surface area contributed by atoms with Gasteiger partial charge in [0.25, 0.3) is 0 Å². The van der Waals surface area contributed by atoms with Crippen LogP contribution < -0.4 is 0 Å². The van der Waals surface area contributed by atoms with Crippen LogP contribution >= 0.6 is 0 Å². The normalized spacial score (nSPS) is 15.8. The Labute approximate surface area is 111 Å². The van der Waals surface area contributed by atoms with Gasteiger partial charge in [0, 0.05) is 0 Å². The van der Waals surface area contributed by atoms with Gasteiger partial charge in [-0.05, 0) is 19.8 Å². The number of allylic oxidation sites excluding steroid dienone is 1. The maximum Gasteiger partial charge on any atom is 0.311 e. The first-order valence-corrected chi connectivity index (χ1v) is 6.66. The van der Waals surface area contributed by atoms with Crippen molar-refractivity contribution in [1.29, 1.82) is 0 Å². The molecule has 0 spiro atoms. The molecule has 0 amide bonds. The van der Waals surface area contributed by atoms with Gasteiger partial charge in [-0.1, -0.05) is 25.5 Å². The number of carbonyl (C=O) groups is 1. The molecule has 0 aliphatic rings. The molecule has 0 aliphatic heterocycles. The summed E-state index contributed by atoms with van der Waals surface area (Å²) in [6, 6.07) is 0. The lowest BCUT2D eigenvalue weighted by Crippen LogP contribution is -2.48. The topological polar surface area (TPSA) is 57.5 Å². The molecule has 2 N–H and O–H groups in total. The van der Waals surface area contributed by atoms with Crippen molar-refractivity contribution in [3.63, 3.8) is 0 Å². The largest absolute Gasteiger partial charge is 0.481 e. The van der Waals surface area contributed by atoms with Gasteiger partial charge >= 0.3 is 5.97 Å². The van der Waals surface area contributed by atoms with E-state index in [1.54, 1.807) is 6.92 Å². The zero-order valence-corrected chi connectivity index (χ0v) is 12.1. The molecule has 0 radical (unpaired) electrons. The second-order valence-electron chi connectivity index (χ2n) is 5.69. The Balaban J connectivity index is 4.10. The van der Waals surface area contributed by atoms with E-state index in [0.29, 0.717) is 24.0 Å². The Hall–Kier alpha value is -0.870. The Kier molecular flexibility index (Phi) is 7.87. The second-order valence-corrected chi connectivity index (χ2v) is 5.69. The highest BCUT2D eigenvalue weighted by molar-refractivity contribution is 5.69. The SMILES string of the molecule is CCC/C=C/CC(O)C[N+](C)(C)CC(C)C(=O)O. The standard InChI is InChI=1S/C14H27NO3/c1-5-6-7-8-9-13(16)11-15(3,4)10-12(2)14(17)18/h7-8,12-13,16H,5-6,9-11H2,1-4H3/p+1/b8-7+. The zero-order valence-electron chi connectivity index (χ0n) is 12.1. The summed E-state index contributed by atoms with van der Waals surface area (Å²) in [5.41, 5.74) is 0. The minimum atomic E-state index is -0.779. The second kappa shape index (κ2) is 8.27. The minimum Gasteiger partial charge on any atom is -0.481 e. The van der Waals surface area contributed by atoms with E-state index in [-0.39, 0.29) is 5.92 Å². The van der Waals surface area contributed by atoms with Gasteiger partial charge in [-0.15, -0.1) is 0 Å². The molecule has 0 fully saturated rings. The van der Waals surface area contributed by atoms with Crippen LogP contribution in [0, 0.1) is 5.92 Å². The highest BCUT2D eigenvalue weighted by Crippen LogP contribution is 2.09. The van der Waals surface area contributed by atoms with Crippen molar-refractivity contribution < 1.29 is 19.5 Å². The van der Waals surface area contributed by atoms with E-state index < -0.39 is 12.1 Å². The Morgan fingerprint density at radius 3 is 2.39 bits per heavy atom. The third kappa shape index (κ3) is 8.25. The van der Waals surface area contributed by atoms with E-state index >= 15 is 0 Å². The van der Waals surface area contributed by atoms with Gasteiger partial charge in [0.1, 0.15) is 18.6 Å². The molecule has 0 aromatic rings. The fourth-order valence-corrected chi connectivity index (χ4v) is 2.08. The van der Waals surface area contributed by atoms with Crippen LogP contribution in [0.1, 0.15) is 33.1 Å². The summed E-state index contributed by atoms with van der Waals surface area (Å²) in [6.45, 7) is 4.93. The number of hydrogen-bond donors (Lipinski definition) is 2. The molecule has 4 heteroatoms. The van der Waals surface area contributed by atoms with Crippen molar-refractivity contribution >= 4 is 5.97 Å². The Morgan fingerprint density at radius 2 is 1.89 bits per heavy atom. The number of unbranched alkanes of at least 4 members (excludes halogenated alkanes) is 1. The van der Waals surface area contributed by atoms with Gasteiger partial charge in [-0.3, -0.25) is 4.79 Å². The van der Waals surface area contributed by atoms with Crippen molar-refractivity contribution in [3.05, 3.63) is 12.2 Å². The van der Waals surface area contributed by atoms with Gasteiger partial charge in [-0.25, -0.2) is 0 Å². The number of carboxylic acid groups (broad SMARTS) is 1. The molecule has 0 aromatic carbocycles. The molecule has 2 atom stereocenters. The van der Waals surface area contributed by atoms with Crippen LogP contribution in [-0.2, 0) is 4.79 Å².